The number of hydrogen-bond acceptors (Lipinski definition) is 4. The van der Waals surface area contributed by atoms with Gasteiger partial charge in [-0.1, -0.05) is 35.6 Å². The normalized spacial score (nSPS) is 30.7. The summed E-state index contributed by atoms with van der Waals surface area (Å²) in [6.07, 6.45) is 7.76. The summed E-state index contributed by atoms with van der Waals surface area (Å²) in [6.45, 7) is 5.37. The van der Waals surface area contributed by atoms with Gasteiger partial charge in [0.2, 0.25) is 0 Å². The number of amides is 2. The second-order valence-corrected chi connectivity index (χ2v) is 8.04. The molecule has 5 nitrogen and oxygen atoms in total. The van der Waals surface area contributed by atoms with Crippen LogP contribution in [0.5, 0.6) is 0 Å². The average Bonchev–Trinajstić information content (AvgIpc) is 2.91. The first-order valence-corrected chi connectivity index (χ1v) is 9.40. The summed E-state index contributed by atoms with van der Waals surface area (Å²) in [5, 5.41) is 9.84. The molecule has 6 heteroatoms. The Bertz CT molecular complexity index is 598. The second kappa shape index (κ2) is 7.66. The van der Waals surface area contributed by atoms with Crippen molar-refractivity contribution in [2.75, 3.05) is 12.3 Å². The molecule has 2 amide bonds. The molecule has 0 radical (unpaired) electrons. The number of hydrogen-bond donors (Lipinski definition) is 1. The van der Waals surface area contributed by atoms with Gasteiger partial charge in [-0.15, -0.1) is 0 Å². The molecule has 2 rings (SSSR count). The summed E-state index contributed by atoms with van der Waals surface area (Å²) in [5.74, 6) is -0.267. The molecule has 0 aromatic carbocycles. The monoisotopic (exact) mass is 352 g/mol. The first kappa shape index (κ1) is 18.9. The molecule has 1 fully saturated rings. The fraction of sp³-hybridized carbons (Fsp3) is 0.611. The van der Waals surface area contributed by atoms with Gasteiger partial charge in [0.05, 0.1) is 5.92 Å². The van der Waals surface area contributed by atoms with E-state index in [4.69, 9.17) is 0 Å². The van der Waals surface area contributed by atoms with Gasteiger partial charge in [0.25, 0.3) is 0 Å². The number of imide groups is 1. The summed E-state index contributed by atoms with van der Waals surface area (Å²) < 4.78 is -0.509. The fourth-order valence-electron chi connectivity index (χ4n) is 3.79. The van der Waals surface area contributed by atoms with Crippen molar-refractivity contribution < 1.29 is 24.0 Å². The standard InChI is InChI=1S/C18H25NO4S/c1-12(11-24-14(3)20)17(21)19(18(22)23)10-16(9-13(19)2)15-7-5-4-6-8-15/h4-5,8,12-13,16H,6-7,9-11H2,1-3H3/p+1/t12?,13?,16-,19-/m0/s1. The number of quaternary nitrogens is 1. The molecule has 1 saturated heterocycles. The SMILES string of the molecule is CC(=O)SCC(C)C(=O)[N@+]1(C(=O)O)C[C@@H](C2=CCC=CC2)CC1C. The summed E-state index contributed by atoms with van der Waals surface area (Å²) in [7, 11) is 0. The minimum atomic E-state index is -1.07. The van der Waals surface area contributed by atoms with Crippen molar-refractivity contribution in [3.05, 3.63) is 23.8 Å². The van der Waals surface area contributed by atoms with Crippen LogP contribution < -0.4 is 0 Å². The highest BCUT2D eigenvalue weighted by Gasteiger charge is 2.57. The van der Waals surface area contributed by atoms with E-state index in [1.54, 1.807) is 6.92 Å². The first-order valence-electron chi connectivity index (χ1n) is 8.42. The quantitative estimate of drug-likeness (QED) is 0.618. The van der Waals surface area contributed by atoms with Gasteiger partial charge in [-0.2, -0.15) is 9.28 Å². The average molecular weight is 352 g/mol. The Kier molecular flexibility index (Phi) is 6.04. The lowest BCUT2D eigenvalue weighted by Gasteiger charge is -2.32. The van der Waals surface area contributed by atoms with Crippen molar-refractivity contribution in [1.29, 1.82) is 0 Å². The molecular weight excluding hydrogens is 326 g/mol. The van der Waals surface area contributed by atoms with Crippen LogP contribution >= 0.6 is 11.8 Å². The molecular formula is C18H26NO4S+. The molecule has 0 spiro atoms. The minimum Gasteiger partial charge on any atom is -0.435 e. The molecule has 2 aliphatic rings. The Hall–Kier alpha value is -1.40. The molecule has 1 aliphatic heterocycles. The summed E-state index contributed by atoms with van der Waals surface area (Å²) in [4.78, 5) is 36.2. The van der Waals surface area contributed by atoms with Crippen LogP contribution in [0, 0.1) is 11.8 Å². The van der Waals surface area contributed by atoms with Gasteiger partial charge < -0.3 is 5.11 Å². The highest BCUT2D eigenvalue weighted by molar-refractivity contribution is 8.13. The lowest BCUT2D eigenvalue weighted by Crippen LogP contribution is -2.60. The molecule has 132 valence electrons. The number of likely N-dealkylation sites (tertiary alicyclic amines) is 1. The van der Waals surface area contributed by atoms with Crippen molar-refractivity contribution in [3.8, 4) is 0 Å². The Morgan fingerprint density at radius 2 is 2.08 bits per heavy atom. The number of nitrogens with zero attached hydrogens (tertiary/aromatic N) is 1. The molecule has 0 aromatic rings. The lowest BCUT2D eigenvalue weighted by molar-refractivity contribution is -0.795. The highest BCUT2D eigenvalue weighted by atomic mass is 32.2. The third-order valence-corrected chi connectivity index (χ3v) is 6.21. The number of allylic oxidation sites excluding steroid dienone is 3. The Labute approximate surface area is 147 Å². The highest BCUT2D eigenvalue weighted by Crippen LogP contribution is 2.39. The molecule has 2 unspecified atom stereocenters. The molecule has 0 bridgehead atoms. The lowest BCUT2D eigenvalue weighted by atomic mass is 9.91. The number of rotatable bonds is 4. The Balaban J connectivity index is 2.20. The van der Waals surface area contributed by atoms with Crippen molar-refractivity contribution in [1.82, 2.24) is 0 Å². The van der Waals surface area contributed by atoms with Gasteiger partial charge in [0.1, 0.15) is 12.6 Å². The van der Waals surface area contributed by atoms with Crippen molar-refractivity contribution in [2.24, 2.45) is 11.8 Å². The molecule has 1 heterocycles. The van der Waals surface area contributed by atoms with E-state index in [2.05, 4.69) is 18.2 Å². The van der Waals surface area contributed by atoms with Crippen LogP contribution in [-0.4, -0.2) is 45.0 Å². The molecule has 1 N–H and O–H groups in total. The maximum Gasteiger partial charge on any atom is 0.521 e. The zero-order valence-electron chi connectivity index (χ0n) is 14.5. The minimum absolute atomic E-state index is 0.0528. The fourth-order valence-corrected chi connectivity index (χ4v) is 4.42. The zero-order valence-corrected chi connectivity index (χ0v) is 15.3. The van der Waals surface area contributed by atoms with Crippen molar-refractivity contribution in [2.45, 2.75) is 46.1 Å². The maximum atomic E-state index is 13.0. The van der Waals surface area contributed by atoms with Crippen LogP contribution in [0.3, 0.4) is 0 Å². The molecule has 0 aromatic heterocycles. The number of carbonyl (C=O) groups excluding carboxylic acids is 2. The summed E-state index contributed by atoms with van der Waals surface area (Å²) >= 11 is 1.08. The first-order chi connectivity index (χ1) is 11.3. The smallest absolute Gasteiger partial charge is 0.435 e. The van der Waals surface area contributed by atoms with E-state index in [0.29, 0.717) is 18.7 Å². The van der Waals surface area contributed by atoms with E-state index < -0.39 is 16.5 Å². The maximum absolute atomic E-state index is 13.0. The van der Waals surface area contributed by atoms with Crippen molar-refractivity contribution in [3.63, 3.8) is 0 Å². The Morgan fingerprint density at radius 1 is 1.38 bits per heavy atom. The van der Waals surface area contributed by atoms with Gasteiger partial charge in [0, 0.05) is 25.0 Å². The van der Waals surface area contributed by atoms with Gasteiger partial charge in [-0.3, -0.25) is 4.79 Å². The van der Waals surface area contributed by atoms with Crippen LogP contribution in [0.1, 0.15) is 40.0 Å². The van der Waals surface area contributed by atoms with Crippen LogP contribution in [0.15, 0.2) is 23.8 Å². The van der Waals surface area contributed by atoms with Crippen LogP contribution in [0.25, 0.3) is 0 Å². The van der Waals surface area contributed by atoms with Gasteiger partial charge in [-0.05, 0) is 26.7 Å². The van der Waals surface area contributed by atoms with Crippen LogP contribution in [0.2, 0.25) is 0 Å². The number of thioether (sulfide) groups is 1. The molecule has 4 atom stereocenters. The van der Waals surface area contributed by atoms with E-state index in [1.807, 2.05) is 6.92 Å². The van der Waals surface area contributed by atoms with Gasteiger partial charge >= 0.3 is 12.0 Å². The number of carbonyl (C=O) groups is 3. The molecule has 24 heavy (non-hydrogen) atoms. The van der Waals surface area contributed by atoms with E-state index in [9.17, 15) is 19.5 Å². The molecule has 0 saturated carbocycles. The van der Waals surface area contributed by atoms with Crippen molar-refractivity contribution >= 4 is 28.9 Å². The van der Waals surface area contributed by atoms with E-state index in [1.165, 1.54) is 12.5 Å². The van der Waals surface area contributed by atoms with Crippen LogP contribution in [0.4, 0.5) is 4.79 Å². The largest absolute Gasteiger partial charge is 0.521 e. The summed E-state index contributed by atoms with van der Waals surface area (Å²) in [5.41, 5.74) is 1.25. The van der Waals surface area contributed by atoms with Crippen LogP contribution in [-0.2, 0) is 9.59 Å². The topological polar surface area (TPSA) is 71.4 Å². The third-order valence-electron chi connectivity index (χ3n) is 5.14. The van der Waals surface area contributed by atoms with E-state index >= 15 is 0 Å². The predicted octanol–water partition coefficient (Wildman–Crippen LogP) is 3.61. The van der Waals surface area contributed by atoms with E-state index in [0.717, 1.165) is 24.6 Å². The third kappa shape index (κ3) is 3.64. The zero-order chi connectivity index (χ0) is 17.9. The van der Waals surface area contributed by atoms with Gasteiger partial charge in [0.15, 0.2) is 5.12 Å². The summed E-state index contributed by atoms with van der Waals surface area (Å²) in [6, 6.07) is -0.253. The second-order valence-electron chi connectivity index (χ2n) is 6.85. The van der Waals surface area contributed by atoms with Gasteiger partial charge in [-0.25, -0.2) is 4.79 Å². The molecule has 1 aliphatic carbocycles. The Morgan fingerprint density at radius 3 is 2.62 bits per heavy atom. The predicted molar refractivity (Wildman–Crippen MR) is 94.5 cm³/mol. The number of carboxylic acid groups (broad SMARTS) is 1. The van der Waals surface area contributed by atoms with E-state index in [-0.39, 0.29) is 23.0 Å².